The predicted molar refractivity (Wildman–Crippen MR) is 72.8 cm³/mol. The molecule has 2 heteroatoms. The molecule has 18 heavy (non-hydrogen) atoms. The van der Waals surface area contributed by atoms with Crippen LogP contribution in [0.2, 0.25) is 0 Å². The van der Waals surface area contributed by atoms with E-state index in [1.807, 2.05) is 39.0 Å². The SMILES string of the molecule is CC(C)(C)C(=O)CCC1COc2ccccc2C1. The highest BCUT2D eigenvalue weighted by molar-refractivity contribution is 5.83. The summed E-state index contributed by atoms with van der Waals surface area (Å²) in [6.45, 7) is 6.71. The minimum absolute atomic E-state index is 0.215. The van der Waals surface area contributed by atoms with E-state index in [4.69, 9.17) is 4.74 Å². The molecule has 0 aliphatic carbocycles. The fourth-order valence-corrected chi connectivity index (χ4v) is 2.29. The topological polar surface area (TPSA) is 26.3 Å². The molecule has 0 radical (unpaired) electrons. The van der Waals surface area contributed by atoms with Crippen molar-refractivity contribution >= 4 is 5.78 Å². The fraction of sp³-hybridized carbons (Fsp3) is 0.562. The third-order valence-electron chi connectivity index (χ3n) is 3.57. The van der Waals surface area contributed by atoms with Gasteiger partial charge in [-0.3, -0.25) is 4.79 Å². The summed E-state index contributed by atoms with van der Waals surface area (Å²) in [5, 5.41) is 0. The molecule has 0 fully saturated rings. The lowest BCUT2D eigenvalue weighted by Crippen LogP contribution is -2.25. The first-order valence-corrected chi connectivity index (χ1v) is 6.71. The number of ketones is 1. The second kappa shape index (κ2) is 5.13. The summed E-state index contributed by atoms with van der Waals surface area (Å²) in [5.41, 5.74) is 1.06. The van der Waals surface area contributed by atoms with Crippen molar-refractivity contribution < 1.29 is 9.53 Å². The monoisotopic (exact) mass is 246 g/mol. The van der Waals surface area contributed by atoms with E-state index in [1.54, 1.807) is 0 Å². The standard InChI is InChI=1S/C16H22O2/c1-16(2,3)15(17)9-8-12-10-13-6-4-5-7-14(13)18-11-12/h4-7,12H,8-11H2,1-3H3. The summed E-state index contributed by atoms with van der Waals surface area (Å²) in [5.74, 6) is 1.84. The van der Waals surface area contributed by atoms with Crippen molar-refractivity contribution in [2.75, 3.05) is 6.61 Å². The molecule has 98 valence electrons. The van der Waals surface area contributed by atoms with E-state index < -0.39 is 0 Å². The van der Waals surface area contributed by atoms with Crippen LogP contribution in [0.3, 0.4) is 0 Å². The molecule has 1 atom stereocenters. The zero-order valence-electron chi connectivity index (χ0n) is 11.5. The molecule has 1 aliphatic rings. The Balaban J connectivity index is 1.89. The van der Waals surface area contributed by atoms with E-state index in [-0.39, 0.29) is 5.41 Å². The molecule has 2 rings (SSSR count). The van der Waals surface area contributed by atoms with Crippen molar-refractivity contribution in [2.45, 2.75) is 40.0 Å². The second-order valence-electron chi connectivity index (χ2n) is 6.20. The molecule has 1 aromatic rings. The van der Waals surface area contributed by atoms with Gasteiger partial charge in [-0.2, -0.15) is 0 Å². The fourth-order valence-electron chi connectivity index (χ4n) is 2.29. The van der Waals surface area contributed by atoms with E-state index in [0.29, 0.717) is 18.1 Å². The summed E-state index contributed by atoms with van der Waals surface area (Å²) in [6, 6.07) is 8.19. The Morgan fingerprint density at radius 2 is 2.06 bits per heavy atom. The molecule has 0 bridgehead atoms. The highest BCUT2D eigenvalue weighted by atomic mass is 16.5. The zero-order chi connectivity index (χ0) is 13.2. The molecular formula is C16H22O2. The van der Waals surface area contributed by atoms with Crippen LogP contribution in [-0.2, 0) is 11.2 Å². The van der Waals surface area contributed by atoms with Gasteiger partial charge < -0.3 is 4.74 Å². The largest absolute Gasteiger partial charge is 0.493 e. The number of Topliss-reactive ketones (excluding diaryl/α,β-unsaturated/α-hetero) is 1. The number of hydrogen-bond donors (Lipinski definition) is 0. The Morgan fingerprint density at radius 3 is 2.78 bits per heavy atom. The van der Waals surface area contributed by atoms with Gasteiger partial charge in [-0.1, -0.05) is 39.0 Å². The first-order valence-electron chi connectivity index (χ1n) is 6.71. The summed E-state index contributed by atoms with van der Waals surface area (Å²) >= 11 is 0. The van der Waals surface area contributed by atoms with Crippen molar-refractivity contribution in [1.82, 2.24) is 0 Å². The first kappa shape index (κ1) is 13.1. The van der Waals surface area contributed by atoms with Gasteiger partial charge in [0.05, 0.1) is 6.61 Å². The number of hydrogen-bond acceptors (Lipinski definition) is 2. The lowest BCUT2D eigenvalue weighted by molar-refractivity contribution is -0.126. The van der Waals surface area contributed by atoms with Crippen LogP contribution in [0.4, 0.5) is 0 Å². The van der Waals surface area contributed by atoms with E-state index in [2.05, 4.69) is 6.07 Å². The average Bonchev–Trinajstić information content (AvgIpc) is 2.34. The summed E-state index contributed by atoms with van der Waals surface area (Å²) in [4.78, 5) is 11.9. The normalized spacial score (nSPS) is 18.9. The van der Waals surface area contributed by atoms with Crippen LogP contribution in [-0.4, -0.2) is 12.4 Å². The van der Waals surface area contributed by atoms with Crippen LogP contribution >= 0.6 is 0 Å². The molecule has 0 N–H and O–H groups in total. The zero-order valence-corrected chi connectivity index (χ0v) is 11.5. The van der Waals surface area contributed by atoms with Gasteiger partial charge in [-0.15, -0.1) is 0 Å². The minimum Gasteiger partial charge on any atom is -0.493 e. The second-order valence-corrected chi connectivity index (χ2v) is 6.20. The van der Waals surface area contributed by atoms with Crippen LogP contribution in [0, 0.1) is 11.3 Å². The van der Waals surface area contributed by atoms with Gasteiger partial charge in [0.2, 0.25) is 0 Å². The number of para-hydroxylation sites is 1. The maximum atomic E-state index is 11.9. The first-order chi connectivity index (χ1) is 8.47. The number of carbonyl (C=O) groups excluding carboxylic acids is 1. The molecule has 0 saturated heterocycles. The lowest BCUT2D eigenvalue weighted by atomic mass is 9.85. The van der Waals surface area contributed by atoms with Crippen LogP contribution < -0.4 is 4.74 Å². The van der Waals surface area contributed by atoms with E-state index in [9.17, 15) is 4.79 Å². The van der Waals surface area contributed by atoms with E-state index in [1.165, 1.54) is 5.56 Å². The Morgan fingerprint density at radius 1 is 1.33 bits per heavy atom. The maximum Gasteiger partial charge on any atom is 0.138 e. The molecule has 0 amide bonds. The van der Waals surface area contributed by atoms with Gasteiger partial charge in [0, 0.05) is 11.8 Å². The highest BCUT2D eigenvalue weighted by Gasteiger charge is 2.24. The maximum absolute atomic E-state index is 11.9. The molecule has 2 nitrogen and oxygen atoms in total. The molecule has 0 aromatic heterocycles. The smallest absolute Gasteiger partial charge is 0.138 e. The van der Waals surface area contributed by atoms with E-state index >= 15 is 0 Å². The Bertz CT molecular complexity index is 429. The van der Waals surface area contributed by atoms with Gasteiger partial charge in [-0.25, -0.2) is 0 Å². The number of carbonyl (C=O) groups is 1. The van der Waals surface area contributed by atoms with Crippen LogP contribution in [0.25, 0.3) is 0 Å². The third kappa shape index (κ3) is 3.12. The Hall–Kier alpha value is -1.31. The average molecular weight is 246 g/mol. The van der Waals surface area contributed by atoms with Crippen LogP contribution in [0.15, 0.2) is 24.3 Å². The number of benzene rings is 1. The molecule has 1 aromatic carbocycles. The molecule has 0 saturated carbocycles. The van der Waals surface area contributed by atoms with Crippen molar-refractivity contribution in [3.8, 4) is 5.75 Å². The third-order valence-corrected chi connectivity index (χ3v) is 3.57. The lowest BCUT2D eigenvalue weighted by Gasteiger charge is -2.26. The highest BCUT2D eigenvalue weighted by Crippen LogP contribution is 2.29. The van der Waals surface area contributed by atoms with Gasteiger partial charge in [0.1, 0.15) is 11.5 Å². The molecule has 1 unspecified atom stereocenters. The van der Waals surface area contributed by atoms with Gasteiger partial charge >= 0.3 is 0 Å². The predicted octanol–water partition coefficient (Wildman–Crippen LogP) is 3.63. The van der Waals surface area contributed by atoms with Gasteiger partial charge in [0.25, 0.3) is 0 Å². The quantitative estimate of drug-likeness (QED) is 0.814. The van der Waals surface area contributed by atoms with Gasteiger partial charge in [-0.05, 0) is 30.4 Å². The van der Waals surface area contributed by atoms with Crippen LogP contribution in [0.5, 0.6) is 5.75 Å². The van der Waals surface area contributed by atoms with E-state index in [0.717, 1.165) is 25.2 Å². The van der Waals surface area contributed by atoms with Crippen LogP contribution in [0.1, 0.15) is 39.2 Å². The van der Waals surface area contributed by atoms with Gasteiger partial charge in [0.15, 0.2) is 0 Å². The number of fused-ring (bicyclic) bond motifs is 1. The Kier molecular flexibility index (Phi) is 3.74. The summed E-state index contributed by atoms with van der Waals surface area (Å²) in [6.07, 6.45) is 2.64. The van der Waals surface area contributed by atoms with Crippen molar-refractivity contribution in [2.24, 2.45) is 11.3 Å². The Labute approximate surface area is 109 Å². The summed E-state index contributed by atoms with van der Waals surface area (Å²) in [7, 11) is 0. The number of rotatable bonds is 3. The van der Waals surface area contributed by atoms with Crippen molar-refractivity contribution in [1.29, 1.82) is 0 Å². The molecular weight excluding hydrogens is 224 g/mol. The summed E-state index contributed by atoms with van der Waals surface area (Å²) < 4.78 is 5.74. The van der Waals surface area contributed by atoms with Crippen molar-refractivity contribution in [3.05, 3.63) is 29.8 Å². The van der Waals surface area contributed by atoms with Crippen molar-refractivity contribution in [3.63, 3.8) is 0 Å². The molecule has 0 spiro atoms. The molecule has 1 heterocycles. The minimum atomic E-state index is -0.215. The number of ether oxygens (including phenoxy) is 1. The molecule has 1 aliphatic heterocycles.